The molecule has 2 N–H and O–H groups in total. The van der Waals surface area contributed by atoms with Crippen molar-refractivity contribution in [1.29, 1.82) is 0 Å². The van der Waals surface area contributed by atoms with Gasteiger partial charge in [-0.2, -0.15) is 0 Å². The Kier molecular flexibility index (Phi) is 3.58. The summed E-state index contributed by atoms with van der Waals surface area (Å²) in [6.07, 6.45) is 2.83. The van der Waals surface area contributed by atoms with Crippen molar-refractivity contribution in [2.75, 3.05) is 0 Å². The Hall–Kier alpha value is -1.62. The van der Waals surface area contributed by atoms with Gasteiger partial charge in [-0.15, -0.1) is 0 Å². The summed E-state index contributed by atoms with van der Waals surface area (Å²) in [5, 5.41) is 8.91. The first-order valence-electron chi connectivity index (χ1n) is 5.17. The van der Waals surface area contributed by atoms with Gasteiger partial charge in [-0.1, -0.05) is 28.1 Å². The smallest absolute Gasteiger partial charge is 0.356 e. The molecular weight excluding hydrogens is 284 g/mol. The van der Waals surface area contributed by atoms with E-state index in [1.807, 2.05) is 24.3 Å². The number of H-pyrrole nitrogens is 1. The van der Waals surface area contributed by atoms with Crippen LogP contribution in [-0.2, 0) is 12.8 Å². The standard InChI is InChI=1S/C12H11BrN2O2/c13-9-3-1-2-8(6-9)4-5-10-11(12(16)17)15-7-14-10/h1-3,6-7H,4-5H2,(H,14,15)(H,16,17). The summed E-state index contributed by atoms with van der Waals surface area (Å²) >= 11 is 3.40. The molecule has 1 heterocycles. The van der Waals surface area contributed by atoms with Gasteiger partial charge in [0.15, 0.2) is 5.69 Å². The third kappa shape index (κ3) is 2.94. The highest BCUT2D eigenvalue weighted by atomic mass is 79.9. The number of benzene rings is 1. The Morgan fingerprint density at radius 2 is 2.24 bits per heavy atom. The number of aromatic nitrogens is 2. The lowest BCUT2D eigenvalue weighted by atomic mass is 10.1. The number of aromatic carboxylic acids is 1. The molecule has 5 heteroatoms. The van der Waals surface area contributed by atoms with Crippen molar-refractivity contribution in [2.45, 2.75) is 12.8 Å². The van der Waals surface area contributed by atoms with Gasteiger partial charge in [0.2, 0.25) is 0 Å². The first kappa shape index (κ1) is 11.9. The number of imidazole rings is 1. The number of carboxylic acid groups (broad SMARTS) is 1. The molecule has 0 fully saturated rings. The average Bonchev–Trinajstić information content (AvgIpc) is 2.74. The number of carboxylic acids is 1. The van der Waals surface area contributed by atoms with Crippen LogP contribution in [0.3, 0.4) is 0 Å². The number of hydrogen-bond donors (Lipinski definition) is 2. The molecule has 0 amide bonds. The van der Waals surface area contributed by atoms with Crippen molar-refractivity contribution >= 4 is 21.9 Å². The van der Waals surface area contributed by atoms with E-state index in [2.05, 4.69) is 25.9 Å². The molecule has 2 rings (SSSR count). The van der Waals surface area contributed by atoms with Gasteiger partial charge in [0.25, 0.3) is 0 Å². The van der Waals surface area contributed by atoms with Crippen molar-refractivity contribution in [3.05, 3.63) is 52.0 Å². The van der Waals surface area contributed by atoms with Crippen LogP contribution in [0.4, 0.5) is 0 Å². The van der Waals surface area contributed by atoms with Gasteiger partial charge < -0.3 is 10.1 Å². The van der Waals surface area contributed by atoms with Crippen LogP contribution in [0.25, 0.3) is 0 Å². The fraction of sp³-hybridized carbons (Fsp3) is 0.167. The van der Waals surface area contributed by atoms with Gasteiger partial charge in [-0.05, 0) is 30.5 Å². The zero-order valence-corrected chi connectivity index (χ0v) is 10.6. The summed E-state index contributed by atoms with van der Waals surface area (Å²) in [6, 6.07) is 7.96. The summed E-state index contributed by atoms with van der Waals surface area (Å²) in [4.78, 5) is 17.5. The number of halogens is 1. The maximum atomic E-state index is 10.9. The molecule has 1 aromatic carbocycles. The summed E-state index contributed by atoms with van der Waals surface area (Å²) < 4.78 is 1.03. The Bertz CT molecular complexity index is 537. The lowest BCUT2D eigenvalue weighted by molar-refractivity contribution is 0.0690. The molecule has 0 saturated heterocycles. The molecule has 0 aliphatic heterocycles. The lowest BCUT2D eigenvalue weighted by Gasteiger charge is -2.01. The molecule has 0 aliphatic rings. The normalized spacial score (nSPS) is 10.4. The number of nitrogens with zero attached hydrogens (tertiary/aromatic N) is 1. The van der Waals surface area contributed by atoms with Crippen molar-refractivity contribution in [3.8, 4) is 0 Å². The number of carbonyl (C=O) groups is 1. The molecule has 17 heavy (non-hydrogen) atoms. The van der Waals surface area contributed by atoms with Gasteiger partial charge in [0, 0.05) is 10.2 Å². The number of hydrogen-bond acceptors (Lipinski definition) is 2. The third-order valence-electron chi connectivity index (χ3n) is 2.47. The zero-order valence-electron chi connectivity index (χ0n) is 8.98. The SMILES string of the molecule is O=C(O)c1nc[nH]c1CCc1cccc(Br)c1. The van der Waals surface area contributed by atoms with Gasteiger partial charge in [-0.3, -0.25) is 0 Å². The topological polar surface area (TPSA) is 66.0 Å². The highest BCUT2D eigenvalue weighted by Gasteiger charge is 2.12. The van der Waals surface area contributed by atoms with Crippen LogP contribution in [0, 0.1) is 0 Å². The summed E-state index contributed by atoms with van der Waals surface area (Å²) in [5.41, 5.74) is 1.93. The minimum Gasteiger partial charge on any atom is -0.476 e. The van der Waals surface area contributed by atoms with Crippen molar-refractivity contribution in [1.82, 2.24) is 9.97 Å². The van der Waals surface area contributed by atoms with E-state index in [1.165, 1.54) is 6.33 Å². The second-order valence-electron chi connectivity index (χ2n) is 3.66. The Morgan fingerprint density at radius 1 is 1.41 bits per heavy atom. The van der Waals surface area contributed by atoms with E-state index in [-0.39, 0.29) is 5.69 Å². The first-order chi connectivity index (χ1) is 8.16. The van der Waals surface area contributed by atoms with Gasteiger partial charge in [0.05, 0.1) is 6.33 Å². The number of rotatable bonds is 4. The highest BCUT2D eigenvalue weighted by Crippen LogP contribution is 2.14. The zero-order chi connectivity index (χ0) is 12.3. The average molecular weight is 295 g/mol. The fourth-order valence-electron chi connectivity index (χ4n) is 1.66. The van der Waals surface area contributed by atoms with Crippen LogP contribution >= 0.6 is 15.9 Å². The monoisotopic (exact) mass is 294 g/mol. The van der Waals surface area contributed by atoms with Gasteiger partial charge >= 0.3 is 5.97 Å². The molecule has 1 aromatic heterocycles. The van der Waals surface area contributed by atoms with E-state index in [0.29, 0.717) is 12.1 Å². The van der Waals surface area contributed by atoms with Crippen LogP contribution < -0.4 is 0 Å². The van der Waals surface area contributed by atoms with Crippen molar-refractivity contribution < 1.29 is 9.90 Å². The summed E-state index contributed by atoms with van der Waals surface area (Å²) in [5.74, 6) is -0.990. The second-order valence-corrected chi connectivity index (χ2v) is 4.58. The van der Waals surface area contributed by atoms with E-state index >= 15 is 0 Å². The molecule has 88 valence electrons. The largest absolute Gasteiger partial charge is 0.476 e. The molecule has 0 unspecified atom stereocenters. The second kappa shape index (κ2) is 5.14. The summed E-state index contributed by atoms with van der Waals surface area (Å²) in [6.45, 7) is 0. The van der Waals surface area contributed by atoms with E-state index < -0.39 is 5.97 Å². The third-order valence-corrected chi connectivity index (χ3v) is 2.97. The number of aromatic amines is 1. The molecule has 0 atom stereocenters. The van der Waals surface area contributed by atoms with Crippen LogP contribution in [0.5, 0.6) is 0 Å². The van der Waals surface area contributed by atoms with Crippen LogP contribution in [0.2, 0.25) is 0 Å². The van der Waals surface area contributed by atoms with Crippen molar-refractivity contribution in [3.63, 3.8) is 0 Å². The molecule has 0 radical (unpaired) electrons. The Balaban J connectivity index is 2.07. The maximum Gasteiger partial charge on any atom is 0.356 e. The van der Waals surface area contributed by atoms with E-state index in [4.69, 9.17) is 5.11 Å². The lowest BCUT2D eigenvalue weighted by Crippen LogP contribution is -2.03. The van der Waals surface area contributed by atoms with E-state index in [1.54, 1.807) is 0 Å². The van der Waals surface area contributed by atoms with Crippen LogP contribution in [0.15, 0.2) is 35.1 Å². The predicted molar refractivity (Wildman–Crippen MR) is 67.1 cm³/mol. The van der Waals surface area contributed by atoms with Crippen molar-refractivity contribution in [2.24, 2.45) is 0 Å². The first-order valence-corrected chi connectivity index (χ1v) is 5.96. The van der Waals surface area contributed by atoms with Crippen LogP contribution in [0.1, 0.15) is 21.7 Å². The highest BCUT2D eigenvalue weighted by molar-refractivity contribution is 9.10. The molecular formula is C12H11BrN2O2. The minimum absolute atomic E-state index is 0.111. The Labute approximate surface area is 107 Å². The number of aryl methyl sites for hydroxylation is 2. The van der Waals surface area contributed by atoms with E-state index in [9.17, 15) is 4.79 Å². The molecule has 0 saturated carbocycles. The van der Waals surface area contributed by atoms with Gasteiger partial charge in [-0.25, -0.2) is 9.78 Å². The van der Waals surface area contributed by atoms with Gasteiger partial charge in [0.1, 0.15) is 0 Å². The Morgan fingerprint density at radius 3 is 2.94 bits per heavy atom. The molecule has 0 bridgehead atoms. The molecule has 0 spiro atoms. The van der Waals surface area contributed by atoms with E-state index in [0.717, 1.165) is 16.5 Å². The fourth-order valence-corrected chi connectivity index (χ4v) is 2.10. The molecule has 4 nitrogen and oxygen atoms in total. The predicted octanol–water partition coefficient (Wildman–Crippen LogP) is 2.66. The summed E-state index contributed by atoms with van der Waals surface area (Å²) in [7, 11) is 0. The van der Waals surface area contributed by atoms with Crippen LogP contribution in [-0.4, -0.2) is 21.0 Å². The maximum absolute atomic E-state index is 10.9. The molecule has 0 aliphatic carbocycles. The molecule has 2 aromatic rings. The quantitative estimate of drug-likeness (QED) is 0.911. The number of nitrogens with one attached hydrogen (secondary N) is 1. The minimum atomic E-state index is -0.990.